The van der Waals surface area contributed by atoms with Crippen LogP contribution in [0.3, 0.4) is 0 Å². The number of benzene rings is 1. The Labute approximate surface area is 110 Å². The zero-order valence-corrected chi connectivity index (χ0v) is 11.0. The molecular formula is C14H15NO4. The molecular weight excluding hydrogens is 246 g/mol. The van der Waals surface area contributed by atoms with Crippen LogP contribution in [0.2, 0.25) is 0 Å². The molecule has 0 radical (unpaired) electrons. The largest absolute Gasteiger partial charge is 0.476 e. The van der Waals surface area contributed by atoms with E-state index >= 15 is 0 Å². The molecule has 100 valence electrons. The van der Waals surface area contributed by atoms with Crippen molar-refractivity contribution in [1.29, 1.82) is 0 Å². The van der Waals surface area contributed by atoms with Crippen LogP contribution in [0, 0.1) is 0 Å². The molecule has 0 amide bonds. The summed E-state index contributed by atoms with van der Waals surface area (Å²) in [4.78, 5) is 10.8. The molecule has 1 aromatic carbocycles. The van der Waals surface area contributed by atoms with Crippen LogP contribution in [-0.4, -0.2) is 23.3 Å². The zero-order valence-electron chi connectivity index (χ0n) is 11.0. The van der Waals surface area contributed by atoms with Gasteiger partial charge in [-0.1, -0.05) is 29.4 Å². The van der Waals surface area contributed by atoms with Gasteiger partial charge in [-0.2, -0.15) is 0 Å². The summed E-state index contributed by atoms with van der Waals surface area (Å²) in [6.07, 6.45) is 0. The minimum absolute atomic E-state index is 0.111. The standard InChI is InChI=1S/C14H15NO4/c1-14(2,18-3)10-7-5-4-6-9(10)12-8-11(13(16)17)15-19-12/h4-8H,1-3H3,(H,16,17). The summed E-state index contributed by atoms with van der Waals surface area (Å²) in [5.41, 5.74) is 1.06. The first-order valence-corrected chi connectivity index (χ1v) is 5.81. The molecule has 19 heavy (non-hydrogen) atoms. The summed E-state index contributed by atoms with van der Waals surface area (Å²) in [5.74, 6) is -0.698. The van der Waals surface area contributed by atoms with E-state index in [2.05, 4.69) is 5.16 Å². The van der Waals surface area contributed by atoms with Gasteiger partial charge in [0.2, 0.25) is 0 Å². The highest BCUT2D eigenvalue weighted by Crippen LogP contribution is 2.33. The lowest BCUT2D eigenvalue weighted by molar-refractivity contribution is 0.0196. The second-order valence-electron chi connectivity index (χ2n) is 4.64. The van der Waals surface area contributed by atoms with E-state index in [1.54, 1.807) is 7.11 Å². The second-order valence-corrected chi connectivity index (χ2v) is 4.64. The van der Waals surface area contributed by atoms with Gasteiger partial charge >= 0.3 is 5.97 Å². The normalized spacial score (nSPS) is 11.5. The summed E-state index contributed by atoms with van der Waals surface area (Å²) in [7, 11) is 1.62. The Bertz CT molecular complexity index is 601. The molecule has 1 N–H and O–H groups in total. The molecule has 0 unspecified atom stereocenters. The van der Waals surface area contributed by atoms with Crippen molar-refractivity contribution in [2.24, 2.45) is 0 Å². The Balaban J connectivity index is 2.53. The van der Waals surface area contributed by atoms with Crippen LogP contribution < -0.4 is 0 Å². The van der Waals surface area contributed by atoms with Crippen molar-refractivity contribution < 1.29 is 19.2 Å². The van der Waals surface area contributed by atoms with Crippen LogP contribution >= 0.6 is 0 Å². The van der Waals surface area contributed by atoms with Gasteiger partial charge in [-0.05, 0) is 19.4 Å². The van der Waals surface area contributed by atoms with Crippen LogP contribution in [0.1, 0.15) is 29.9 Å². The fraction of sp³-hybridized carbons (Fsp3) is 0.286. The molecule has 1 heterocycles. The number of aromatic nitrogens is 1. The molecule has 0 aliphatic heterocycles. The maximum atomic E-state index is 10.8. The Morgan fingerprint density at radius 2 is 2.05 bits per heavy atom. The molecule has 0 aliphatic carbocycles. The Kier molecular flexibility index (Phi) is 3.40. The van der Waals surface area contributed by atoms with E-state index in [0.29, 0.717) is 5.76 Å². The highest BCUT2D eigenvalue weighted by Gasteiger charge is 2.25. The lowest BCUT2D eigenvalue weighted by atomic mass is 9.92. The molecule has 5 nitrogen and oxygen atoms in total. The third-order valence-corrected chi connectivity index (χ3v) is 3.08. The molecule has 0 aliphatic rings. The Hall–Kier alpha value is -2.14. The summed E-state index contributed by atoms with van der Waals surface area (Å²) < 4.78 is 10.6. The lowest BCUT2D eigenvalue weighted by Crippen LogP contribution is -2.20. The Morgan fingerprint density at radius 3 is 2.63 bits per heavy atom. The number of ether oxygens (including phenoxy) is 1. The second kappa shape index (κ2) is 4.85. The number of hydrogen-bond donors (Lipinski definition) is 1. The molecule has 0 saturated heterocycles. The number of carboxylic acids is 1. The van der Waals surface area contributed by atoms with E-state index in [1.807, 2.05) is 38.1 Å². The van der Waals surface area contributed by atoms with Gasteiger partial charge in [0.1, 0.15) is 0 Å². The van der Waals surface area contributed by atoms with E-state index in [0.717, 1.165) is 11.1 Å². The van der Waals surface area contributed by atoms with Crippen molar-refractivity contribution in [3.63, 3.8) is 0 Å². The molecule has 0 atom stereocenters. The van der Waals surface area contributed by atoms with Crippen LogP contribution in [0.5, 0.6) is 0 Å². The number of rotatable bonds is 4. The summed E-state index contributed by atoms with van der Waals surface area (Å²) in [6.45, 7) is 3.86. The first-order valence-electron chi connectivity index (χ1n) is 5.81. The first-order chi connectivity index (χ1) is 8.95. The number of methoxy groups -OCH3 is 1. The predicted octanol–water partition coefficient (Wildman–Crippen LogP) is 2.92. The maximum Gasteiger partial charge on any atom is 0.358 e. The first kappa shape index (κ1) is 13.3. The van der Waals surface area contributed by atoms with Gasteiger partial charge in [0, 0.05) is 18.7 Å². The molecule has 0 bridgehead atoms. The average Bonchev–Trinajstić information content (AvgIpc) is 2.88. The fourth-order valence-corrected chi connectivity index (χ4v) is 1.84. The monoisotopic (exact) mass is 261 g/mol. The van der Waals surface area contributed by atoms with Crippen LogP contribution in [0.15, 0.2) is 34.9 Å². The van der Waals surface area contributed by atoms with Crippen molar-refractivity contribution in [3.8, 4) is 11.3 Å². The van der Waals surface area contributed by atoms with E-state index < -0.39 is 11.6 Å². The highest BCUT2D eigenvalue weighted by molar-refractivity contribution is 5.86. The van der Waals surface area contributed by atoms with E-state index in [1.165, 1.54) is 6.07 Å². The van der Waals surface area contributed by atoms with Gasteiger partial charge in [-0.15, -0.1) is 0 Å². The summed E-state index contributed by atoms with van der Waals surface area (Å²) in [5, 5.41) is 12.4. The van der Waals surface area contributed by atoms with Crippen LogP contribution in [0.25, 0.3) is 11.3 Å². The average molecular weight is 261 g/mol. The number of nitrogens with zero attached hydrogens (tertiary/aromatic N) is 1. The molecule has 2 rings (SSSR count). The molecule has 2 aromatic rings. The number of hydrogen-bond acceptors (Lipinski definition) is 4. The van der Waals surface area contributed by atoms with Crippen molar-refractivity contribution >= 4 is 5.97 Å². The van der Waals surface area contributed by atoms with Gasteiger partial charge in [0.05, 0.1) is 5.60 Å². The van der Waals surface area contributed by atoms with E-state index in [9.17, 15) is 4.79 Å². The minimum atomic E-state index is -1.11. The lowest BCUT2D eigenvalue weighted by Gasteiger charge is -2.25. The molecule has 0 spiro atoms. The van der Waals surface area contributed by atoms with Gasteiger partial charge in [0.15, 0.2) is 11.5 Å². The third kappa shape index (κ3) is 2.51. The van der Waals surface area contributed by atoms with Crippen molar-refractivity contribution in [1.82, 2.24) is 5.16 Å². The zero-order chi connectivity index (χ0) is 14.0. The third-order valence-electron chi connectivity index (χ3n) is 3.08. The summed E-state index contributed by atoms with van der Waals surface area (Å²) >= 11 is 0. The van der Waals surface area contributed by atoms with E-state index in [4.69, 9.17) is 14.4 Å². The number of carboxylic acid groups (broad SMARTS) is 1. The van der Waals surface area contributed by atoms with Crippen LogP contribution in [-0.2, 0) is 10.3 Å². The van der Waals surface area contributed by atoms with Gasteiger partial charge < -0.3 is 14.4 Å². The predicted molar refractivity (Wildman–Crippen MR) is 68.9 cm³/mol. The SMILES string of the molecule is COC(C)(C)c1ccccc1-c1cc(C(=O)O)no1. The Morgan fingerprint density at radius 1 is 1.37 bits per heavy atom. The van der Waals surface area contributed by atoms with E-state index in [-0.39, 0.29) is 5.69 Å². The quantitative estimate of drug-likeness (QED) is 0.916. The smallest absolute Gasteiger partial charge is 0.358 e. The molecule has 5 heteroatoms. The maximum absolute atomic E-state index is 10.8. The van der Waals surface area contributed by atoms with Crippen molar-refractivity contribution in [2.75, 3.05) is 7.11 Å². The van der Waals surface area contributed by atoms with Gasteiger partial charge in [-0.25, -0.2) is 4.79 Å². The number of aromatic carboxylic acids is 1. The minimum Gasteiger partial charge on any atom is -0.476 e. The topological polar surface area (TPSA) is 72.6 Å². The van der Waals surface area contributed by atoms with Gasteiger partial charge in [0.25, 0.3) is 0 Å². The van der Waals surface area contributed by atoms with Crippen molar-refractivity contribution in [3.05, 3.63) is 41.6 Å². The molecule has 0 fully saturated rings. The van der Waals surface area contributed by atoms with Gasteiger partial charge in [-0.3, -0.25) is 0 Å². The van der Waals surface area contributed by atoms with Crippen molar-refractivity contribution in [2.45, 2.75) is 19.4 Å². The highest BCUT2D eigenvalue weighted by atomic mass is 16.5. The molecule has 0 saturated carbocycles. The van der Waals surface area contributed by atoms with Crippen LogP contribution in [0.4, 0.5) is 0 Å². The molecule has 1 aromatic heterocycles. The fourth-order valence-electron chi connectivity index (χ4n) is 1.84. The summed E-state index contributed by atoms with van der Waals surface area (Å²) in [6, 6.07) is 8.93. The number of carbonyl (C=O) groups is 1.